The molecular weight excluding hydrogens is 254 g/mol. The number of carboxylic acid groups (broad SMARTS) is 1. The van der Waals surface area contributed by atoms with Crippen LogP contribution in [0.1, 0.15) is 24.9 Å². The van der Waals surface area contributed by atoms with Gasteiger partial charge in [-0.15, -0.1) is 0 Å². The number of carboxylic acids is 1. The first-order valence-electron chi connectivity index (χ1n) is 5.95. The molecule has 5 heteroatoms. The van der Waals surface area contributed by atoms with E-state index in [9.17, 15) is 4.79 Å². The van der Waals surface area contributed by atoms with Gasteiger partial charge >= 0.3 is 5.97 Å². The van der Waals surface area contributed by atoms with Crippen molar-refractivity contribution in [3.63, 3.8) is 0 Å². The molecule has 0 saturated heterocycles. The second-order valence-electron chi connectivity index (χ2n) is 4.49. The summed E-state index contributed by atoms with van der Waals surface area (Å²) >= 11 is 6.08. The Morgan fingerprint density at radius 1 is 1.67 bits per heavy atom. The van der Waals surface area contributed by atoms with Crippen molar-refractivity contribution in [3.8, 4) is 5.75 Å². The van der Waals surface area contributed by atoms with Gasteiger partial charge in [-0.05, 0) is 37.0 Å². The highest BCUT2D eigenvalue weighted by atomic mass is 35.5. The molecule has 0 amide bonds. The molecule has 98 valence electrons. The van der Waals surface area contributed by atoms with Crippen molar-refractivity contribution >= 4 is 17.6 Å². The van der Waals surface area contributed by atoms with Gasteiger partial charge in [0, 0.05) is 6.04 Å². The van der Waals surface area contributed by atoms with Crippen LogP contribution in [0.5, 0.6) is 5.75 Å². The lowest BCUT2D eigenvalue weighted by Gasteiger charge is -2.13. The highest BCUT2D eigenvalue weighted by Crippen LogP contribution is 2.47. The minimum Gasteiger partial charge on any atom is -0.492 e. The van der Waals surface area contributed by atoms with Gasteiger partial charge in [-0.2, -0.15) is 0 Å². The van der Waals surface area contributed by atoms with E-state index in [1.165, 1.54) is 0 Å². The first kappa shape index (κ1) is 13.2. The zero-order valence-corrected chi connectivity index (χ0v) is 10.9. The molecular formula is C13H16ClNO3. The summed E-state index contributed by atoms with van der Waals surface area (Å²) in [6.45, 7) is 2.44. The topological polar surface area (TPSA) is 72.5 Å². The van der Waals surface area contributed by atoms with Crippen LogP contribution in [0.25, 0.3) is 0 Å². The van der Waals surface area contributed by atoms with Crippen molar-refractivity contribution in [3.05, 3.63) is 28.8 Å². The average Bonchev–Trinajstić information content (AvgIpc) is 3.11. The summed E-state index contributed by atoms with van der Waals surface area (Å²) in [5.41, 5.74) is 6.92. The van der Waals surface area contributed by atoms with Gasteiger partial charge in [-0.25, -0.2) is 0 Å². The first-order valence-corrected chi connectivity index (χ1v) is 6.33. The normalized spacial score (nSPS) is 23.5. The number of hydrogen-bond donors (Lipinski definition) is 2. The molecule has 1 aromatic carbocycles. The molecule has 3 unspecified atom stereocenters. The number of ether oxygens (including phenoxy) is 1. The minimum atomic E-state index is -0.771. The molecule has 0 heterocycles. The monoisotopic (exact) mass is 269 g/mol. The number of nitrogens with two attached hydrogens (primary N) is 1. The lowest BCUT2D eigenvalue weighted by atomic mass is 10.0. The zero-order chi connectivity index (χ0) is 13.3. The third-order valence-corrected chi connectivity index (χ3v) is 3.55. The number of benzene rings is 1. The van der Waals surface area contributed by atoms with Crippen LogP contribution >= 0.6 is 11.6 Å². The minimum absolute atomic E-state index is 0.0107. The number of hydrogen-bond acceptors (Lipinski definition) is 3. The van der Waals surface area contributed by atoms with Crippen LogP contribution in [0.4, 0.5) is 0 Å². The Labute approximate surface area is 111 Å². The third kappa shape index (κ3) is 2.60. The molecule has 1 aromatic rings. The Hall–Kier alpha value is -1.26. The van der Waals surface area contributed by atoms with Gasteiger partial charge in [0.2, 0.25) is 0 Å². The van der Waals surface area contributed by atoms with E-state index in [0.717, 1.165) is 5.56 Å². The maximum atomic E-state index is 10.8. The summed E-state index contributed by atoms with van der Waals surface area (Å²) in [7, 11) is 0. The summed E-state index contributed by atoms with van der Waals surface area (Å²) in [6.07, 6.45) is 0.640. The van der Waals surface area contributed by atoms with Crippen molar-refractivity contribution in [2.75, 3.05) is 6.61 Å². The van der Waals surface area contributed by atoms with Crippen molar-refractivity contribution in [2.24, 2.45) is 17.6 Å². The quantitative estimate of drug-likeness (QED) is 0.861. The van der Waals surface area contributed by atoms with Gasteiger partial charge in [-0.3, -0.25) is 4.79 Å². The molecule has 18 heavy (non-hydrogen) atoms. The van der Waals surface area contributed by atoms with E-state index in [2.05, 4.69) is 0 Å². The van der Waals surface area contributed by atoms with Gasteiger partial charge in [0.1, 0.15) is 5.75 Å². The lowest BCUT2D eigenvalue weighted by Crippen LogP contribution is -2.15. The van der Waals surface area contributed by atoms with Crippen molar-refractivity contribution in [1.82, 2.24) is 0 Å². The smallest absolute Gasteiger partial charge is 0.306 e. The second kappa shape index (κ2) is 5.16. The van der Waals surface area contributed by atoms with Crippen LogP contribution in [0.2, 0.25) is 5.02 Å². The SMILES string of the molecule is CCOc1ccc(C(N)C2CC2C(=O)O)cc1Cl. The Balaban J connectivity index is 2.10. The van der Waals surface area contributed by atoms with Gasteiger partial charge in [0.25, 0.3) is 0 Å². The molecule has 0 radical (unpaired) electrons. The van der Waals surface area contributed by atoms with Gasteiger partial charge in [0.15, 0.2) is 0 Å². The van der Waals surface area contributed by atoms with Crippen LogP contribution in [0.3, 0.4) is 0 Å². The second-order valence-corrected chi connectivity index (χ2v) is 4.90. The van der Waals surface area contributed by atoms with Crippen LogP contribution in [-0.2, 0) is 4.79 Å². The Morgan fingerprint density at radius 2 is 2.39 bits per heavy atom. The van der Waals surface area contributed by atoms with E-state index in [1.807, 2.05) is 13.0 Å². The van der Waals surface area contributed by atoms with Crippen LogP contribution < -0.4 is 10.5 Å². The lowest BCUT2D eigenvalue weighted by molar-refractivity contribution is -0.138. The molecule has 0 bridgehead atoms. The summed E-state index contributed by atoms with van der Waals surface area (Å²) < 4.78 is 5.34. The van der Waals surface area contributed by atoms with E-state index < -0.39 is 5.97 Å². The Bertz CT molecular complexity index is 464. The van der Waals surface area contributed by atoms with Crippen molar-refractivity contribution in [2.45, 2.75) is 19.4 Å². The largest absolute Gasteiger partial charge is 0.492 e. The predicted octanol–water partition coefficient (Wildman–Crippen LogP) is 2.46. The van der Waals surface area contributed by atoms with Crippen LogP contribution in [0.15, 0.2) is 18.2 Å². The fourth-order valence-electron chi connectivity index (χ4n) is 2.14. The van der Waals surface area contributed by atoms with Gasteiger partial charge < -0.3 is 15.6 Å². The molecule has 1 aliphatic carbocycles. The zero-order valence-electron chi connectivity index (χ0n) is 10.1. The van der Waals surface area contributed by atoms with Crippen LogP contribution in [0, 0.1) is 11.8 Å². The average molecular weight is 270 g/mol. The Morgan fingerprint density at radius 3 is 2.89 bits per heavy atom. The number of aliphatic carboxylic acids is 1. The third-order valence-electron chi connectivity index (χ3n) is 3.26. The molecule has 0 spiro atoms. The van der Waals surface area contributed by atoms with E-state index in [-0.39, 0.29) is 17.9 Å². The molecule has 3 atom stereocenters. The highest BCUT2D eigenvalue weighted by molar-refractivity contribution is 6.32. The Kier molecular flexibility index (Phi) is 3.78. The fourth-order valence-corrected chi connectivity index (χ4v) is 2.38. The van der Waals surface area contributed by atoms with E-state index in [0.29, 0.717) is 23.8 Å². The molecule has 1 aliphatic rings. The van der Waals surface area contributed by atoms with E-state index in [1.54, 1.807) is 12.1 Å². The molecule has 4 nitrogen and oxygen atoms in total. The van der Waals surface area contributed by atoms with Crippen molar-refractivity contribution in [1.29, 1.82) is 0 Å². The predicted molar refractivity (Wildman–Crippen MR) is 68.8 cm³/mol. The summed E-state index contributed by atoms with van der Waals surface area (Å²) in [5, 5.41) is 9.40. The number of halogens is 1. The molecule has 2 rings (SSSR count). The molecule has 0 aromatic heterocycles. The molecule has 3 N–H and O–H groups in total. The van der Waals surface area contributed by atoms with Gasteiger partial charge in [0.05, 0.1) is 17.5 Å². The fraction of sp³-hybridized carbons (Fsp3) is 0.462. The number of carbonyl (C=O) groups is 1. The summed E-state index contributed by atoms with van der Waals surface area (Å²) in [6, 6.07) is 5.10. The van der Waals surface area contributed by atoms with Gasteiger partial charge in [-0.1, -0.05) is 17.7 Å². The molecule has 1 fully saturated rings. The maximum absolute atomic E-state index is 10.8. The number of rotatable bonds is 5. The van der Waals surface area contributed by atoms with E-state index in [4.69, 9.17) is 27.2 Å². The van der Waals surface area contributed by atoms with Crippen molar-refractivity contribution < 1.29 is 14.6 Å². The molecule has 0 aliphatic heterocycles. The first-order chi connectivity index (χ1) is 8.54. The maximum Gasteiger partial charge on any atom is 0.306 e. The van der Waals surface area contributed by atoms with E-state index >= 15 is 0 Å². The summed E-state index contributed by atoms with van der Waals surface area (Å²) in [4.78, 5) is 10.8. The standard InChI is InChI=1S/C13H16ClNO3/c1-2-18-11-4-3-7(5-10(11)14)12(15)8-6-9(8)13(16)17/h3-5,8-9,12H,2,6,15H2,1H3,(H,16,17). The van der Waals surface area contributed by atoms with Crippen LogP contribution in [-0.4, -0.2) is 17.7 Å². The highest BCUT2D eigenvalue weighted by Gasteiger charge is 2.47. The summed E-state index contributed by atoms with van der Waals surface area (Å²) in [5.74, 6) is -0.449. The molecule has 1 saturated carbocycles.